The van der Waals surface area contributed by atoms with Crippen LogP contribution in [0.2, 0.25) is 5.02 Å². The van der Waals surface area contributed by atoms with Crippen molar-refractivity contribution in [2.24, 2.45) is 0 Å². The van der Waals surface area contributed by atoms with Gasteiger partial charge in [-0.25, -0.2) is 0 Å². The van der Waals surface area contributed by atoms with Crippen molar-refractivity contribution in [1.82, 2.24) is 0 Å². The van der Waals surface area contributed by atoms with Crippen LogP contribution >= 0.6 is 11.6 Å². The molecule has 33 heavy (non-hydrogen) atoms. The summed E-state index contributed by atoms with van der Waals surface area (Å²) in [7, 11) is -2.84. The minimum atomic E-state index is -4.16. The van der Waals surface area contributed by atoms with Gasteiger partial charge >= 0.3 is 10.1 Å². The number of halogens is 1. The molecule has 3 aromatic carbocycles. The van der Waals surface area contributed by atoms with Crippen LogP contribution in [-0.2, 0) is 14.9 Å². The van der Waals surface area contributed by atoms with Crippen molar-refractivity contribution < 1.29 is 22.1 Å². The predicted molar refractivity (Wildman–Crippen MR) is 126 cm³/mol. The predicted octanol–water partition coefficient (Wildman–Crippen LogP) is 4.97. The van der Waals surface area contributed by atoms with Gasteiger partial charge in [-0.3, -0.25) is 4.79 Å². The molecule has 0 saturated carbocycles. The molecule has 0 aliphatic rings. The highest BCUT2D eigenvalue weighted by Crippen LogP contribution is 2.38. The first-order chi connectivity index (χ1) is 15.7. The van der Waals surface area contributed by atoms with E-state index in [2.05, 4.69) is 5.32 Å². The second-order valence-corrected chi connectivity index (χ2v) is 8.83. The number of benzene rings is 3. The van der Waals surface area contributed by atoms with Gasteiger partial charge in [-0.15, -0.1) is 0 Å². The van der Waals surface area contributed by atoms with Gasteiger partial charge < -0.3 is 14.2 Å². The normalized spacial score (nSPS) is 11.4. The van der Waals surface area contributed by atoms with Crippen LogP contribution < -0.4 is 14.2 Å². The minimum absolute atomic E-state index is 0.0182. The molecule has 0 unspecified atom stereocenters. The molecule has 1 amide bonds. The standard InChI is InChI=1S/C24H19ClN2O5S/c1-16-7-6-8-19(11-16)27-24(28)18(15-26)12-17-13-21(25)23(22(14-17)31-2)32-33(29,30)20-9-4-3-5-10-20/h3-14H,1-2H3,(H,27,28)/b18-12+. The minimum Gasteiger partial charge on any atom is -0.493 e. The number of carbonyl (C=O) groups excluding carboxylic acids is 1. The van der Waals surface area contributed by atoms with Crippen LogP contribution in [0.4, 0.5) is 5.69 Å². The van der Waals surface area contributed by atoms with Crippen molar-refractivity contribution in [3.8, 4) is 17.6 Å². The molecule has 1 N–H and O–H groups in total. The molecule has 0 radical (unpaired) electrons. The Labute approximate surface area is 197 Å². The maximum absolute atomic E-state index is 12.6. The van der Waals surface area contributed by atoms with E-state index in [-0.39, 0.29) is 27.0 Å². The van der Waals surface area contributed by atoms with E-state index in [0.29, 0.717) is 11.3 Å². The van der Waals surface area contributed by atoms with Crippen LogP contribution in [-0.4, -0.2) is 21.4 Å². The molecule has 0 fully saturated rings. The van der Waals surface area contributed by atoms with Gasteiger partial charge in [0.25, 0.3) is 5.91 Å². The molecule has 0 aromatic heterocycles. The first-order valence-corrected chi connectivity index (χ1v) is 11.4. The average molecular weight is 483 g/mol. The largest absolute Gasteiger partial charge is 0.493 e. The van der Waals surface area contributed by atoms with Crippen LogP contribution in [0.15, 0.2) is 77.2 Å². The summed E-state index contributed by atoms with van der Waals surface area (Å²) in [6.45, 7) is 1.88. The number of aryl methyl sites for hydroxylation is 1. The van der Waals surface area contributed by atoms with Crippen LogP contribution in [0.5, 0.6) is 11.5 Å². The number of nitrogens with one attached hydrogen (secondary N) is 1. The highest BCUT2D eigenvalue weighted by atomic mass is 35.5. The monoisotopic (exact) mass is 482 g/mol. The summed E-state index contributed by atoms with van der Waals surface area (Å²) in [4.78, 5) is 12.5. The molecule has 7 nitrogen and oxygen atoms in total. The molecule has 0 bridgehead atoms. The number of carbonyl (C=O) groups is 1. The quantitative estimate of drug-likeness (QED) is 0.289. The number of nitrogens with zero attached hydrogens (tertiary/aromatic N) is 1. The fourth-order valence-electron chi connectivity index (χ4n) is 2.89. The van der Waals surface area contributed by atoms with E-state index in [1.54, 1.807) is 36.4 Å². The van der Waals surface area contributed by atoms with Gasteiger partial charge in [0, 0.05) is 5.69 Å². The van der Waals surface area contributed by atoms with E-state index < -0.39 is 16.0 Å². The number of amides is 1. The lowest BCUT2D eigenvalue weighted by Crippen LogP contribution is -2.13. The second-order valence-electron chi connectivity index (χ2n) is 6.88. The highest BCUT2D eigenvalue weighted by Gasteiger charge is 2.22. The summed E-state index contributed by atoms with van der Waals surface area (Å²) in [6, 6.07) is 19.4. The van der Waals surface area contributed by atoms with Gasteiger partial charge in [0.15, 0.2) is 5.75 Å². The van der Waals surface area contributed by atoms with Gasteiger partial charge in [-0.05, 0) is 60.5 Å². The Morgan fingerprint density at radius 1 is 1.09 bits per heavy atom. The summed E-state index contributed by atoms with van der Waals surface area (Å²) in [6.07, 6.45) is 1.31. The van der Waals surface area contributed by atoms with Crippen molar-refractivity contribution in [3.05, 3.63) is 88.5 Å². The Hall–Kier alpha value is -3.80. The molecule has 3 rings (SSSR count). The lowest BCUT2D eigenvalue weighted by molar-refractivity contribution is -0.112. The SMILES string of the molecule is COc1cc(/C=C(\C#N)C(=O)Nc2cccc(C)c2)cc(Cl)c1OS(=O)(=O)c1ccccc1. The lowest BCUT2D eigenvalue weighted by Gasteiger charge is -2.13. The molecular weight excluding hydrogens is 464 g/mol. The summed E-state index contributed by atoms with van der Waals surface area (Å²) in [5, 5.41) is 12.1. The van der Waals surface area contributed by atoms with Gasteiger partial charge in [0.1, 0.15) is 16.5 Å². The van der Waals surface area contributed by atoms with Gasteiger partial charge in [-0.2, -0.15) is 13.7 Å². The zero-order valence-corrected chi connectivity index (χ0v) is 19.3. The molecule has 0 heterocycles. The topological polar surface area (TPSA) is 105 Å². The molecule has 0 aliphatic carbocycles. The summed E-state index contributed by atoms with van der Waals surface area (Å²) in [5.74, 6) is -0.794. The maximum Gasteiger partial charge on any atom is 0.339 e. The second kappa shape index (κ2) is 10.2. The van der Waals surface area contributed by atoms with Crippen molar-refractivity contribution in [1.29, 1.82) is 5.26 Å². The van der Waals surface area contributed by atoms with E-state index in [0.717, 1.165) is 5.56 Å². The maximum atomic E-state index is 12.6. The summed E-state index contributed by atoms with van der Waals surface area (Å²) < 4.78 is 35.6. The number of ether oxygens (including phenoxy) is 1. The third kappa shape index (κ3) is 5.92. The van der Waals surface area contributed by atoms with Crippen LogP contribution in [0.3, 0.4) is 0 Å². The molecule has 168 valence electrons. The third-order valence-electron chi connectivity index (χ3n) is 4.43. The first-order valence-electron chi connectivity index (χ1n) is 9.60. The van der Waals surface area contributed by atoms with Gasteiger partial charge in [0.05, 0.1) is 12.1 Å². The summed E-state index contributed by atoms with van der Waals surface area (Å²) >= 11 is 6.28. The molecule has 3 aromatic rings. The zero-order chi connectivity index (χ0) is 24.0. The van der Waals surface area contributed by atoms with E-state index >= 15 is 0 Å². The Morgan fingerprint density at radius 2 is 1.82 bits per heavy atom. The van der Waals surface area contributed by atoms with Crippen molar-refractivity contribution in [3.63, 3.8) is 0 Å². The molecular formula is C24H19ClN2O5S. The molecule has 0 aliphatic heterocycles. The first kappa shape index (κ1) is 23.9. The van der Waals surface area contributed by atoms with Crippen molar-refractivity contribution in [2.75, 3.05) is 12.4 Å². The zero-order valence-electron chi connectivity index (χ0n) is 17.7. The molecule has 0 atom stereocenters. The number of methoxy groups -OCH3 is 1. The smallest absolute Gasteiger partial charge is 0.339 e. The summed E-state index contributed by atoms with van der Waals surface area (Å²) in [5.41, 5.74) is 1.66. The van der Waals surface area contributed by atoms with E-state index in [4.69, 9.17) is 20.5 Å². The lowest BCUT2D eigenvalue weighted by atomic mass is 10.1. The number of hydrogen-bond acceptors (Lipinski definition) is 6. The fourth-order valence-corrected chi connectivity index (χ4v) is 4.17. The van der Waals surface area contributed by atoms with Crippen LogP contribution in [0.25, 0.3) is 6.08 Å². The number of rotatable bonds is 7. The Bertz CT molecular complexity index is 1360. The van der Waals surface area contributed by atoms with E-state index in [9.17, 15) is 18.5 Å². The Kier molecular flexibility index (Phi) is 7.38. The highest BCUT2D eigenvalue weighted by molar-refractivity contribution is 7.87. The van der Waals surface area contributed by atoms with Crippen molar-refractivity contribution >= 4 is 39.4 Å². The number of hydrogen-bond donors (Lipinski definition) is 1. The van der Waals surface area contributed by atoms with Gasteiger partial charge in [0.2, 0.25) is 5.75 Å². The fraction of sp³-hybridized carbons (Fsp3) is 0.0833. The Morgan fingerprint density at radius 3 is 2.45 bits per heavy atom. The number of nitriles is 1. The third-order valence-corrected chi connectivity index (χ3v) is 5.95. The Balaban J connectivity index is 1.91. The molecule has 0 saturated heterocycles. The van der Waals surface area contributed by atoms with E-state index in [1.165, 1.54) is 37.5 Å². The molecule has 0 spiro atoms. The van der Waals surface area contributed by atoms with Gasteiger partial charge in [-0.1, -0.05) is 41.9 Å². The molecule has 9 heteroatoms. The number of anilines is 1. The van der Waals surface area contributed by atoms with Crippen LogP contribution in [0.1, 0.15) is 11.1 Å². The van der Waals surface area contributed by atoms with Crippen molar-refractivity contribution in [2.45, 2.75) is 11.8 Å². The van der Waals surface area contributed by atoms with E-state index in [1.807, 2.05) is 19.1 Å². The van der Waals surface area contributed by atoms with Crippen LogP contribution in [0, 0.1) is 18.3 Å². The average Bonchev–Trinajstić information content (AvgIpc) is 2.79.